The molecular formula is C11H22O2. The summed E-state index contributed by atoms with van der Waals surface area (Å²) >= 11 is 0. The highest BCUT2D eigenvalue weighted by molar-refractivity contribution is 5.49. The first-order chi connectivity index (χ1) is 6.33. The van der Waals surface area contributed by atoms with Crippen LogP contribution in [0.5, 0.6) is 0 Å². The van der Waals surface area contributed by atoms with E-state index in [4.69, 9.17) is 0 Å². The van der Waals surface area contributed by atoms with Crippen molar-refractivity contribution in [3.63, 3.8) is 0 Å². The Morgan fingerprint density at radius 3 is 1.69 bits per heavy atom. The number of carbonyl (C=O) groups is 2. The molecule has 0 radical (unpaired) electrons. The molecule has 0 aromatic rings. The van der Waals surface area contributed by atoms with E-state index in [0.717, 1.165) is 31.8 Å². The van der Waals surface area contributed by atoms with Crippen LogP contribution >= 0.6 is 0 Å². The molecule has 0 unspecified atom stereocenters. The molecule has 0 aliphatic rings. The van der Waals surface area contributed by atoms with Gasteiger partial charge in [0.2, 0.25) is 0 Å². The summed E-state index contributed by atoms with van der Waals surface area (Å²) in [6.45, 7) is 4.15. The molecule has 0 atom stereocenters. The van der Waals surface area contributed by atoms with Crippen LogP contribution in [-0.2, 0) is 9.59 Å². The highest BCUT2D eigenvalue weighted by Crippen LogP contribution is 1.99. The van der Waals surface area contributed by atoms with Crippen molar-refractivity contribution in [2.75, 3.05) is 0 Å². The molecule has 2 nitrogen and oxygen atoms in total. The molecule has 2 heteroatoms. The highest BCUT2D eigenvalue weighted by atomic mass is 16.1. The second-order valence-corrected chi connectivity index (χ2v) is 2.97. The zero-order valence-corrected chi connectivity index (χ0v) is 8.92. The molecule has 0 aliphatic heterocycles. The van der Waals surface area contributed by atoms with Crippen molar-refractivity contribution < 1.29 is 9.59 Å². The number of unbranched alkanes of at least 4 members (excludes halogenated alkanes) is 5. The fourth-order valence-electron chi connectivity index (χ4n) is 0.772. The monoisotopic (exact) mass is 186 g/mol. The highest BCUT2D eigenvalue weighted by Gasteiger charge is 1.83. The molecule has 0 amide bonds. The number of hydrogen-bond donors (Lipinski definition) is 0. The maximum Gasteiger partial charge on any atom is 0.119 e. The molecule has 0 saturated heterocycles. The van der Waals surface area contributed by atoms with Gasteiger partial charge in [-0.25, -0.2) is 0 Å². The van der Waals surface area contributed by atoms with Crippen LogP contribution in [0.2, 0.25) is 0 Å². The van der Waals surface area contributed by atoms with Crippen LogP contribution in [0, 0.1) is 0 Å². The van der Waals surface area contributed by atoms with E-state index in [0.29, 0.717) is 6.42 Å². The van der Waals surface area contributed by atoms with E-state index in [1.165, 1.54) is 19.3 Å². The second-order valence-electron chi connectivity index (χ2n) is 2.97. The van der Waals surface area contributed by atoms with Gasteiger partial charge in [0, 0.05) is 12.8 Å². The van der Waals surface area contributed by atoms with Crippen LogP contribution < -0.4 is 0 Å². The van der Waals surface area contributed by atoms with Gasteiger partial charge in [-0.15, -0.1) is 0 Å². The van der Waals surface area contributed by atoms with E-state index in [1.54, 1.807) is 0 Å². The van der Waals surface area contributed by atoms with Crippen molar-refractivity contribution in [1.29, 1.82) is 0 Å². The minimum Gasteiger partial charge on any atom is -0.303 e. The van der Waals surface area contributed by atoms with Crippen LogP contribution in [0.25, 0.3) is 0 Å². The van der Waals surface area contributed by atoms with Gasteiger partial charge in [0.1, 0.15) is 12.6 Å². The van der Waals surface area contributed by atoms with Gasteiger partial charge < -0.3 is 9.59 Å². The third-order valence-electron chi connectivity index (χ3n) is 1.58. The van der Waals surface area contributed by atoms with Crippen LogP contribution in [0.3, 0.4) is 0 Å². The topological polar surface area (TPSA) is 34.1 Å². The Morgan fingerprint density at radius 1 is 0.769 bits per heavy atom. The Hall–Kier alpha value is -0.660. The number of carbonyl (C=O) groups excluding carboxylic acids is 2. The summed E-state index contributed by atoms with van der Waals surface area (Å²) in [5.74, 6) is 0. The average molecular weight is 186 g/mol. The number of rotatable bonds is 7. The summed E-state index contributed by atoms with van der Waals surface area (Å²) in [5, 5.41) is 0. The van der Waals surface area contributed by atoms with Crippen LogP contribution in [0.1, 0.15) is 58.8 Å². The number of hydrogen-bond acceptors (Lipinski definition) is 2. The van der Waals surface area contributed by atoms with E-state index < -0.39 is 0 Å². The molecule has 78 valence electrons. The predicted octanol–water partition coefficient (Wildman–Crippen LogP) is 3.14. The summed E-state index contributed by atoms with van der Waals surface area (Å²) in [6, 6.07) is 0. The van der Waals surface area contributed by atoms with Crippen molar-refractivity contribution in [1.82, 2.24) is 0 Å². The van der Waals surface area contributed by atoms with E-state index in [-0.39, 0.29) is 0 Å². The zero-order chi connectivity index (χ0) is 10.4. The van der Waals surface area contributed by atoms with Gasteiger partial charge in [0.15, 0.2) is 0 Å². The van der Waals surface area contributed by atoms with Crippen molar-refractivity contribution in [2.24, 2.45) is 0 Å². The lowest BCUT2D eigenvalue weighted by Crippen LogP contribution is -1.76. The minimum absolute atomic E-state index is 0.708. The Balaban J connectivity index is 0. The third kappa shape index (κ3) is 24.6. The molecule has 0 saturated carbocycles. The summed E-state index contributed by atoms with van der Waals surface area (Å²) < 4.78 is 0. The summed E-state index contributed by atoms with van der Waals surface area (Å²) in [6.07, 6.45) is 9.18. The van der Waals surface area contributed by atoms with Gasteiger partial charge in [-0.05, 0) is 12.8 Å². The van der Waals surface area contributed by atoms with Crippen molar-refractivity contribution in [3.05, 3.63) is 0 Å². The normalized spacial score (nSPS) is 8.46. The Morgan fingerprint density at radius 2 is 1.38 bits per heavy atom. The minimum atomic E-state index is 0.708. The molecule has 13 heavy (non-hydrogen) atoms. The third-order valence-corrected chi connectivity index (χ3v) is 1.58. The fraction of sp³-hybridized carbons (Fsp3) is 0.818. The van der Waals surface area contributed by atoms with Gasteiger partial charge in [0.25, 0.3) is 0 Å². The molecule has 0 fully saturated rings. The summed E-state index contributed by atoms with van der Waals surface area (Å²) in [5.41, 5.74) is 0. The van der Waals surface area contributed by atoms with Gasteiger partial charge in [-0.3, -0.25) is 0 Å². The van der Waals surface area contributed by atoms with E-state index >= 15 is 0 Å². The van der Waals surface area contributed by atoms with Gasteiger partial charge in [0.05, 0.1) is 0 Å². The lowest BCUT2D eigenvalue weighted by atomic mass is 10.2. The predicted molar refractivity (Wildman–Crippen MR) is 55.8 cm³/mol. The first-order valence-electron chi connectivity index (χ1n) is 5.20. The molecule has 0 rings (SSSR count). The largest absolute Gasteiger partial charge is 0.303 e. The first-order valence-corrected chi connectivity index (χ1v) is 5.20. The maximum atomic E-state index is 9.77. The smallest absolute Gasteiger partial charge is 0.119 e. The molecule has 0 heterocycles. The zero-order valence-electron chi connectivity index (χ0n) is 8.92. The van der Waals surface area contributed by atoms with Crippen LogP contribution in [0.15, 0.2) is 0 Å². The average Bonchev–Trinajstić information content (AvgIpc) is 2.15. The molecule has 0 spiro atoms. The second kappa shape index (κ2) is 17.4. The molecule has 0 bridgehead atoms. The number of aldehydes is 2. The van der Waals surface area contributed by atoms with Crippen LogP contribution in [0.4, 0.5) is 0 Å². The Bertz CT molecular complexity index is 100. The Labute approximate surface area is 81.7 Å². The Kier molecular flexibility index (Phi) is 19.9. The SMILES string of the molecule is CCCC=O.CCCCCCC=O. The lowest BCUT2D eigenvalue weighted by molar-refractivity contribution is -0.108. The standard InChI is InChI=1S/C7H14O.C4H8O/c1-2-3-4-5-6-7-8;1-2-3-4-5/h7H,2-6H2,1H3;4H,2-3H2,1H3. The van der Waals surface area contributed by atoms with Gasteiger partial charge in [-0.1, -0.05) is 33.1 Å². The van der Waals surface area contributed by atoms with E-state index in [1.807, 2.05) is 6.92 Å². The molecular weight excluding hydrogens is 164 g/mol. The van der Waals surface area contributed by atoms with Crippen molar-refractivity contribution in [3.8, 4) is 0 Å². The van der Waals surface area contributed by atoms with Crippen molar-refractivity contribution >= 4 is 12.6 Å². The summed E-state index contributed by atoms with van der Waals surface area (Å²) in [4.78, 5) is 19.2. The first kappa shape index (κ1) is 14.8. The van der Waals surface area contributed by atoms with Gasteiger partial charge >= 0.3 is 0 Å². The maximum absolute atomic E-state index is 9.77. The van der Waals surface area contributed by atoms with E-state index in [2.05, 4.69) is 6.92 Å². The van der Waals surface area contributed by atoms with Gasteiger partial charge in [-0.2, -0.15) is 0 Å². The van der Waals surface area contributed by atoms with Crippen molar-refractivity contribution in [2.45, 2.75) is 58.8 Å². The quantitative estimate of drug-likeness (QED) is 0.452. The van der Waals surface area contributed by atoms with Crippen LogP contribution in [-0.4, -0.2) is 12.6 Å². The summed E-state index contributed by atoms with van der Waals surface area (Å²) in [7, 11) is 0. The van der Waals surface area contributed by atoms with E-state index in [9.17, 15) is 9.59 Å². The molecule has 0 N–H and O–H groups in total. The lowest BCUT2D eigenvalue weighted by Gasteiger charge is -1.90. The molecule has 0 aromatic heterocycles. The fourth-order valence-corrected chi connectivity index (χ4v) is 0.772. The molecule has 0 aliphatic carbocycles. The molecule has 0 aromatic carbocycles.